The van der Waals surface area contributed by atoms with Crippen LogP contribution in [-0.2, 0) is 0 Å². The molecule has 3 heterocycles. The summed E-state index contributed by atoms with van der Waals surface area (Å²) in [4.78, 5) is 0. The van der Waals surface area contributed by atoms with Crippen LogP contribution in [0.25, 0.3) is 99.1 Å². The van der Waals surface area contributed by atoms with E-state index in [9.17, 15) is 0 Å². The van der Waals surface area contributed by atoms with Crippen LogP contribution in [-0.4, -0.2) is 9.13 Å². The van der Waals surface area contributed by atoms with Gasteiger partial charge in [-0.05, 0) is 81.7 Å². The summed E-state index contributed by atoms with van der Waals surface area (Å²) in [6.07, 6.45) is 0. The number of nitrogens with zero attached hydrogens (tertiary/aromatic N) is 2. The summed E-state index contributed by atoms with van der Waals surface area (Å²) in [6, 6.07) is 70.2. The first kappa shape index (κ1) is 30.1. The van der Waals surface area contributed by atoms with Gasteiger partial charge in [-0.25, -0.2) is 0 Å². The van der Waals surface area contributed by atoms with E-state index < -0.39 is 0 Å². The van der Waals surface area contributed by atoms with Crippen LogP contribution in [0.4, 0.5) is 0 Å². The van der Waals surface area contributed by atoms with Crippen molar-refractivity contribution < 1.29 is 4.74 Å². The summed E-state index contributed by atoms with van der Waals surface area (Å²) in [5.41, 5.74) is 14.0. The number of hydrogen-bond donors (Lipinski definition) is 0. The van der Waals surface area contributed by atoms with Gasteiger partial charge in [-0.1, -0.05) is 140 Å². The first-order chi connectivity index (χ1) is 27.3. The van der Waals surface area contributed by atoms with E-state index in [1.54, 1.807) is 0 Å². The highest BCUT2D eigenvalue weighted by Gasteiger charge is 2.25. The molecule has 0 fully saturated rings. The predicted molar refractivity (Wildman–Crippen MR) is 229 cm³/mol. The molecule has 12 rings (SSSR count). The van der Waals surface area contributed by atoms with Gasteiger partial charge in [-0.3, -0.25) is 0 Å². The Morgan fingerprint density at radius 3 is 1.58 bits per heavy atom. The molecular weight excluding hydrogens is 669 g/mol. The Kier molecular flexibility index (Phi) is 6.34. The Labute approximate surface area is 317 Å². The fraction of sp³-hybridized carbons (Fsp3) is 0. The highest BCUT2D eigenvalue weighted by Crippen LogP contribution is 2.51. The van der Waals surface area contributed by atoms with Crippen molar-refractivity contribution in [3.63, 3.8) is 0 Å². The van der Waals surface area contributed by atoms with Crippen molar-refractivity contribution in [2.24, 2.45) is 0 Å². The molecule has 0 spiro atoms. The van der Waals surface area contributed by atoms with Crippen LogP contribution in [0, 0.1) is 0 Å². The summed E-state index contributed by atoms with van der Waals surface area (Å²) >= 11 is 0. The van der Waals surface area contributed by atoms with Crippen molar-refractivity contribution in [2.45, 2.75) is 0 Å². The Hall–Kier alpha value is -7.36. The number of benzene rings is 9. The van der Waals surface area contributed by atoms with E-state index in [-0.39, 0.29) is 0 Å². The van der Waals surface area contributed by atoms with Crippen molar-refractivity contribution in [3.05, 3.63) is 194 Å². The topological polar surface area (TPSA) is 19.1 Å². The lowest BCUT2D eigenvalue weighted by Gasteiger charge is -2.22. The molecule has 0 aliphatic carbocycles. The number of hydrogen-bond acceptors (Lipinski definition) is 1. The van der Waals surface area contributed by atoms with E-state index >= 15 is 0 Å². The fourth-order valence-corrected chi connectivity index (χ4v) is 9.05. The molecule has 0 saturated carbocycles. The second-order valence-corrected chi connectivity index (χ2v) is 14.5. The minimum Gasteiger partial charge on any atom is -0.456 e. The third-order valence-electron chi connectivity index (χ3n) is 11.5. The molecule has 0 N–H and O–H groups in total. The Balaban J connectivity index is 1.20. The number of ether oxygens (including phenoxy) is 1. The first-order valence-corrected chi connectivity index (χ1v) is 18.8. The molecule has 0 amide bonds. The van der Waals surface area contributed by atoms with E-state index in [2.05, 4.69) is 197 Å². The van der Waals surface area contributed by atoms with Crippen LogP contribution < -0.4 is 4.74 Å². The van der Waals surface area contributed by atoms with Crippen LogP contribution in [0.15, 0.2) is 194 Å². The highest BCUT2D eigenvalue weighted by molar-refractivity contribution is 6.26. The van der Waals surface area contributed by atoms with Crippen LogP contribution in [0.3, 0.4) is 0 Å². The minimum atomic E-state index is 0.890. The Bertz CT molecular complexity index is 3220. The van der Waals surface area contributed by atoms with Crippen LogP contribution in [0.2, 0.25) is 0 Å². The molecule has 0 unspecified atom stereocenters. The zero-order chi connectivity index (χ0) is 36.0. The lowest BCUT2D eigenvalue weighted by molar-refractivity contribution is 0.487. The lowest BCUT2D eigenvalue weighted by atomic mass is 9.92. The van der Waals surface area contributed by atoms with E-state index in [1.807, 2.05) is 6.07 Å². The SMILES string of the molecule is c1ccc(-c2ccc3c4ccc(-c5ccccc5)cc4n(-c4ccc5c(c4)c4c6cccc7c6c(cc4n5-c4ccccc4)Oc4ccccc4-7)c3c2)cc1. The van der Waals surface area contributed by atoms with Crippen molar-refractivity contribution in [3.8, 4) is 56.3 Å². The third-order valence-corrected chi connectivity index (χ3v) is 11.5. The van der Waals surface area contributed by atoms with Crippen LogP contribution in [0.1, 0.15) is 0 Å². The standard InChI is InChI=1S/C52H32N2O/c1-4-13-33(14-5-1)35-23-26-39-40-27-24-36(34-15-6-2-7-16-34)30-47(40)54(46(39)29-35)38-25-28-45-44(31-38)51-43-21-12-20-42-41-19-10-11-22-49(41)55-50(52(42)43)32-48(51)53(45)37-17-8-3-9-18-37/h1-32H. The lowest BCUT2D eigenvalue weighted by Crippen LogP contribution is -1.98. The molecule has 0 atom stereocenters. The number of fused-ring (bicyclic) bond motifs is 9. The molecule has 0 radical (unpaired) electrons. The molecule has 9 aromatic carbocycles. The van der Waals surface area contributed by atoms with Gasteiger partial charge in [0.05, 0.1) is 22.1 Å². The maximum atomic E-state index is 6.70. The average Bonchev–Trinajstić information content (AvgIpc) is 3.76. The zero-order valence-corrected chi connectivity index (χ0v) is 29.8. The van der Waals surface area contributed by atoms with Gasteiger partial charge in [0.15, 0.2) is 0 Å². The fourth-order valence-electron chi connectivity index (χ4n) is 9.05. The summed E-state index contributed by atoms with van der Waals surface area (Å²) in [6.45, 7) is 0. The number of rotatable bonds is 4. The molecule has 55 heavy (non-hydrogen) atoms. The molecular formula is C52H32N2O. The normalized spacial score (nSPS) is 12.1. The summed E-state index contributed by atoms with van der Waals surface area (Å²) in [5.74, 6) is 1.78. The molecule has 0 saturated heterocycles. The maximum Gasteiger partial charge on any atom is 0.138 e. The van der Waals surface area contributed by atoms with Crippen molar-refractivity contribution >= 4 is 54.4 Å². The molecule has 2 aromatic heterocycles. The van der Waals surface area contributed by atoms with Gasteiger partial charge in [0, 0.05) is 49.9 Å². The smallest absolute Gasteiger partial charge is 0.138 e. The molecule has 256 valence electrons. The van der Waals surface area contributed by atoms with Crippen LogP contribution >= 0.6 is 0 Å². The number of aromatic nitrogens is 2. The van der Waals surface area contributed by atoms with Gasteiger partial charge in [-0.2, -0.15) is 0 Å². The summed E-state index contributed by atoms with van der Waals surface area (Å²) in [7, 11) is 0. The first-order valence-electron chi connectivity index (χ1n) is 18.8. The van der Waals surface area contributed by atoms with E-state index in [0.29, 0.717) is 0 Å². The molecule has 0 bridgehead atoms. The number of para-hydroxylation sites is 2. The minimum absolute atomic E-state index is 0.890. The van der Waals surface area contributed by atoms with Gasteiger partial charge in [-0.15, -0.1) is 0 Å². The predicted octanol–water partition coefficient (Wildman–Crippen LogP) is 14.1. The molecule has 3 heteroatoms. The third kappa shape index (κ3) is 4.44. The Morgan fingerprint density at radius 2 is 0.891 bits per heavy atom. The monoisotopic (exact) mass is 700 g/mol. The molecule has 1 aliphatic rings. The zero-order valence-electron chi connectivity index (χ0n) is 29.8. The highest BCUT2D eigenvalue weighted by atomic mass is 16.5. The van der Waals surface area contributed by atoms with Gasteiger partial charge < -0.3 is 13.9 Å². The second kappa shape index (κ2) is 11.6. The van der Waals surface area contributed by atoms with Gasteiger partial charge in [0.25, 0.3) is 0 Å². The van der Waals surface area contributed by atoms with Crippen molar-refractivity contribution in [1.82, 2.24) is 9.13 Å². The molecule has 1 aliphatic heterocycles. The Morgan fingerprint density at radius 1 is 0.291 bits per heavy atom. The van der Waals surface area contributed by atoms with E-state index in [0.717, 1.165) is 44.9 Å². The van der Waals surface area contributed by atoms with E-state index in [1.165, 1.54) is 65.8 Å². The van der Waals surface area contributed by atoms with Crippen molar-refractivity contribution in [2.75, 3.05) is 0 Å². The molecule has 3 nitrogen and oxygen atoms in total. The quantitative estimate of drug-likeness (QED) is 0.179. The summed E-state index contributed by atoms with van der Waals surface area (Å²) < 4.78 is 11.6. The largest absolute Gasteiger partial charge is 0.456 e. The van der Waals surface area contributed by atoms with Gasteiger partial charge in [0.2, 0.25) is 0 Å². The average molecular weight is 701 g/mol. The summed E-state index contributed by atoms with van der Waals surface area (Å²) in [5, 5.41) is 7.24. The van der Waals surface area contributed by atoms with Gasteiger partial charge in [0.1, 0.15) is 11.5 Å². The molecule has 11 aromatic rings. The second-order valence-electron chi connectivity index (χ2n) is 14.5. The van der Waals surface area contributed by atoms with Crippen molar-refractivity contribution in [1.29, 1.82) is 0 Å². The maximum absolute atomic E-state index is 6.70. The van der Waals surface area contributed by atoms with Crippen LogP contribution in [0.5, 0.6) is 11.5 Å². The van der Waals surface area contributed by atoms with E-state index in [4.69, 9.17) is 4.74 Å². The van der Waals surface area contributed by atoms with Gasteiger partial charge >= 0.3 is 0 Å².